The summed E-state index contributed by atoms with van der Waals surface area (Å²) in [7, 11) is -3.10. The van der Waals surface area contributed by atoms with Crippen molar-refractivity contribution in [1.82, 2.24) is 14.6 Å². The van der Waals surface area contributed by atoms with Gasteiger partial charge < -0.3 is 4.74 Å². The molecule has 0 bridgehead atoms. The fourth-order valence-corrected chi connectivity index (χ4v) is 4.52. The van der Waals surface area contributed by atoms with E-state index in [4.69, 9.17) is 4.74 Å². The molecule has 3 heterocycles. The standard InChI is InChI=1S/C14H23N3O3S2/c1-11-13(21-10-15-11)6-17-8-14(9-17)4-3-12(7-20-14)5-16-22(2,18)19/h10,12,16H,3-9H2,1-2H3/t12-/m0/s1. The maximum atomic E-state index is 11.1. The molecule has 0 saturated carbocycles. The number of aromatic nitrogens is 1. The summed E-state index contributed by atoms with van der Waals surface area (Å²) in [5.74, 6) is 0.290. The van der Waals surface area contributed by atoms with Crippen LogP contribution in [0.3, 0.4) is 0 Å². The number of aryl methyl sites for hydroxylation is 1. The van der Waals surface area contributed by atoms with Crippen LogP contribution in [0.5, 0.6) is 0 Å². The zero-order valence-corrected chi connectivity index (χ0v) is 14.7. The molecule has 2 saturated heterocycles. The molecule has 2 aliphatic rings. The van der Waals surface area contributed by atoms with Gasteiger partial charge in [0.25, 0.3) is 0 Å². The van der Waals surface area contributed by atoms with Gasteiger partial charge in [-0.2, -0.15) is 0 Å². The van der Waals surface area contributed by atoms with Gasteiger partial charge in [0, 0.05) is 31.1 Å². The molecule has 0 amide bonds. The number of sulfonamides is 1. The fraction of sp³-hybridized carbons (Fsp3) is 0.786. The first-order chi connectivity index (χ1) is 10.4. The van der Waals surface area contributed by atoms with Crippen molar-refractivity contribution >= 4 is 21.4 Å². The van der Waals surface area contributed by atoms with Crippen LogP contribution in [0.2, 0.25) is 0 Å². The smallest absolute Gasteiger partial charge is 0.208 e. The van der Waals surface area contributed by atoms with Crippen LogP contribution in [0.1, 0.15) is 23.4 Å². The highest BCUT2D eigenvalue weighted by molar-refractivity contribution is 7.88. The number of hydrogen-bond acceptors (Lipinski definition) is 6. The lowest BCUT2D eigenvalue weighted by atomic mass is 9.83. The van der Waals surface area contributed by atoms with E-state index in [-0.39, 0.29) is 11.5 Å². The molecule has 0 aliphatic carbocycles. The number of ether oxygens (including phenoxy) is 1. The summed E-state index contributed by atoms with van der Waals surface area (Å²) in [6.45, 7) is 6.08. The molecule has 124 valence electrons. The van der Waals surface area contributed by atoms with Crippen LogP contribution in [-0.2, 0) is 21.3 Å². The molecule has 0 radical (unpaired) electrons. The van der Waals surface area contributed by atoms with E-state index in [1.54, 1.807) is 11.3 Å². The first-order valence-corrected chi connectivity index (χ1v) is 10.3. The highest BCUT2D eigenvalue weighted by atomic mass is 32.2. The van der Waals surface area contributed by atoms with Gasteiger partial charge in [-0.3, -0.25) is 4.90 Å². The second-order valence-corrected chi connectivity index (χ2v) is 9.30. The zero-order valence-electron chi connectivity index (χ0n) is 13.0. The Morgan fingerprint density at radius 2 is 2.32 bits per heavy atom. The van der Waals surface area contributed by atoms with Gasteiger partial charge in [0.2, 0.25) is 10.0 Å². The van der Waals surface area contributed by atoms with Crippen LogP contribution in [0.15, 0.2) is 5.51 Å². The van der Waals surface area contributed by atoms with Gasteiger partial charge in [-0.05, 0) is 25.7 Å². The lowest BCUT2D eigenvalue weighted by Crippen LogP contribution is -2.64. The monoisotopic (exact) mass is 345 g/mol. The Morgan fingerprint density at radius 3 is 2.86 bits per heavy atom. The van der Waals surface area contributed by atoms with Gasteiger partial charge in [-0.1, -0.05) is 0 Å². The quantitative estimate of drug-likeness (QED) is 0.861. The molecule has 1 atom stereocenters. The topological polar surface area (TPSA) is 71.5 Å². The number of rotatable bonds is 5. The van der Waals surface area contributed by atoms with Crippen molar-refractivity contribution in [2.75, 3.05) is 32.5 Å². The van der Waals surface area contributed by atoms with E-state index >= 15 is 0 Å². The van der Waals surface area contributed by atoms with Gasteiger partial charge >= 0.3 is 0 Å². The van der Waals surface area contributed by atoms with Crippen LogP contribution in [-0.4, -0.2) is 56.4 Å². The van der Waals surface area contributed by atoms with Crippen molar-refractivity contribution < 1.29 is 13.2 Å². The predicted octanol–water partition coefficient (Wildman–Crippen LogP) is 0.982. The average molecular weight is 345 g/mol. The molecular formula is C14H23N3O3S2. The molecule has 6 nitrogen and oxygen atoms in total. The minimum absolute atomic E-state index is 0.000181. The summed E-state index contributed by atoms with van der Waals surface area (Å²) < 4.78 is 30.9. The van der Waals surface area contributed by atoms with Crippen LogP contribution in [0.25, 0.3) is 0 Å². The molecule has 1 N–H and O–H groups in total. The highest BCUT2D eigenvalue weighted by Gasteiger charge is 2.46. The lowest BCUT2D eigenvalue weighted by Gasteiger charge is -2.52. The molecule has 1 aromatic rings. The zero-order chi connectivity index (χ0) is 15.8. The number of nitrogens with one attached hydrogen (secondary N) is 1. The highest BCUT2D eigenvalue weighted by Crippen LogP contribution is 2.37. The van der Waals surface area contributed by atoms with Crippen LogP contribution in [0.4, 0.5) is 0 Å². The number of likely N-dealkylation sites (tertiary alicyclic amines) is 1. The van der Waals surface area contributed by atoms with Crippen molar-refractivity contribution in [1.29, 1.82) is 0 Å². The van der Waals surface area contributed by atoms with Crippen molar-refractivity contribution in [2.45, 2.75) is 31.9 Å². The summed E-state index contributed by atoms with van der Waals surface area (Å²) in [5, 5.41) is 0. The van der Waals surface area contributed by atoms with E-state index in [2.05, 4.69) is 21.5 Å². The Labute approximate surface area is 135 Å². The third-order valence-electron chi connectivity index (χ3n) is 4.50. The molecule has 1 aromatic heterocycles. The second-order valence-electron chi connectivity index (χ2n) is 6.53. The van der Waals surface area contributed by atoms with Gasteiger partial charge in [0.15, 0.2) is 0 Å². The maximum Gasteiger partial charge on any atom is 0.208 e. The maximum absolute atomic E-state index is 11.1. The van der Waals surface area contributed by atoms with Crippen molar-refractivity contribution in [3.63, 3.8) is 0 Å². The first-order valence-electron chi connectivity index (χ1n) is 7.55. The molecule has 2 fully saturated rings. The largest absolute Gasteiger partial charge is 0.372 e. The normalized spacial score (nSPS) is 25.3. The molecule has 1 spiro atoms. The van der Waals surface area contributed by atoms with E-state index in [0.717, 1.165) is 38.2 Å². The first kappa shape index (κ1) is 16.3. The summed E-state index contributed by atoms with van der Waals surface area (Å²) >= 11 is 1.71. The molecular weight excluding hydrogens is 322 g/mol. The van der Waals surface area contributed by atoms with E-state index < -0.39 is 10.0 Å². The summed E-state index contributed by atoms with van der Waals surface area (Å²) in [6, 6.07) is 0. The van der Waals surface area contributed by atoms with E-state index in [0.29, 0.717) is 13.2 Å². The van der Waals surface area contributed by atoms with Crippen molar-refractivity contribution in [2.24, 2.45) is 5.92 Å². The molecule has 0 unspecified atom stereocenters. The molecule has 2 aliphatic heterocycles. The Balaban J connectivity index is 1.42. The van der Waals surface area contributed by atoms with Crippen molar-refractivity contribution in [3.8, 4) is 0 Å². The number of nitrogens with zero attached hydrogens (tertiary/aromatic N) is 2. The fourth-order valence-electron chi connectivity index (χ4n) is 3.16. The Morgan fingerprint density at radius 1 is 1.55 bits per heavy atom. The summed E-state index contributed by atoms with van der Waals surface area (Å²) in [6.07, 6.45) is 3.24. The van der Waals surface area contributed by atoms with E-state index in [9.17, 15) is 8.42 Å². The lowest BCUT2D eigenvalue weighted by molar-refractivity contribution is -0.180. The van der Waals surface area contributed by atoms with E-state index in [1.165, 1.54) is 11.1 Å². The third kappa shape index (κ3) is 3.86. The van der Waals surface area contributed by atoms with Gasteiger partial charge in [-0.15, -0.1) is 11.3 Å². The Hall–Kier alpha value is -0.540. The summed E-state index contributed by atoms with van der Waals surface area (Å²) in [5.41, 5.74) is 3.03. The number of hydrogen-bond donors (Lipinski definition) is 1. The van der Waals surface area contributed by atoms with E-state index in [1.807, 2.05) is 5.51 Å². The Kier molecular flexibility index (Phi) is 4.57. The third-order valence-corrected chi connectivity index (χ3v) is 6.11. The van der Waals surface area contributed by atoms with Crippen LogP contribution in [0, 0.1) is 12.8 Å². The second kappa shape index (κ2) is 6.16. The molecule has 22 heavy (non-hydrogen) atoms. The number of thiazole rings is 1. The van der Waals surface area contributed by atoms with Crippen LogP contribution < -0.4 is 4.72 Å². The van der Waals surface area contributed by atoms with Gasteiger partial charge in [0.05, 0.1) is 29.7 Å². The average Bonchev–Trinajstić information content (AvgIpc) is 2.81. The molecule has 0 aromatic carbocycles. The summed E-state index contributed by atoms with van der Waals surface area (Å²) in [4.78, 5) is 8.02. The minimum Gasteiger partial charge on any atom is -0.372 e. The Bertz CT molecular complexity index is 613. The minimum atomic E-state index is -3.10. The predicted molar refractivity (Wildman–Crippen MR) is 86.4 cm³/mol. The molecule has 3 rings (SSSR count). The molecule has 8 heteroatoms. The van der Waals surface area contributed by atoms with Crippen molar-refractivity contribution in [3.05, 3.63) is 16.1 Å². The van der Waals surface area contributed by atoms with Gasteiger partial charge in [0.1, 0.15) is 0 Å². The van der Waals surface area contributed by atoms with Gasteiger partial charge in [-0.25, -0.2) is 18.1 Å². The SMILES string of the molecule is Cc1ncsc1CN1CC2(CC[C@@H](CNS(C)(=O)=O)CO2)C1. The van der Waals surface area contributed by atoms with Crippen LogP contribution >= 0.6 is 11.3 Å².